The highest BCUT2D eigenvalue weighted by molar-refractivity contribution is 6.33. The number of amides is 4. The smallest absolute Gasteiger partial charge is 0.339 e. The van der Waals surface area contributed by atoms with Crippen molar-refractivity contribution in [3.05, 3.63) is 52.3 Å². The topological polar surface area (TPSA) is 97.1 Å². The molecule has 1 aliphatic rings. The van der Waals surface area contributed by atoms with Crippen LogP contribution < -0.4 is 0 Å². The molecule has 162 valence electrons. The molecule has 0 bridgehead atoms. The van der Waals surface area contributed by atoms with Crippen molar-refractivity contribution < 1.29 is 28.3 Å². The van der Waals surface area contributed by atoms with E-state index in [1.165, 1.54) is 20.2 Å². The maximum Gasteiger partial charge on any atom is 0.339 e. The molecular formula is C22H21ClN2O6. The van der Waals surface area contributed by atoms with E-state index in [4.69, 9.17) is 20.8 Å². The Bertz CT molecular complexity index is 1060. The number of ether oxygens (including phenoxy) is 1. The number of barbiturate groups is 1. The first kappa shape index (κ1) is 22.3. The number of benzene rings is 1. The van der Waals surface area contributed by atoms with Crippen molar-refractivity contribution >= 4 is 41.5 Å². The molecule has 4 amide bonds. The summed E-state index contributed by atoms with van der Waals surface area (Å²) in [5, 5.41) is 0.258. The molecule has 1 aromatic carbocycles. The van der Waals surface area contributed by atoms with E-state index in [-0.39, 0.29) is 21.9 Å². The number of hydrogen-bond donors (Lipinski definition) is 0. The number of esters is 1. The van der Waals surface area contributed by atoms with Gasteiger partial charge >= 0.3 is 12.0 Å². The number of carbonyl (C=O) groups is 4. The SMILES string of the molecule is CCCCOC(=O)c1cc(-c2ccc(C=C3C(=O)N(C)C(=O)N(C)C3=O)o2)ccc1Cl. The Morgan fingerprint density at radius 2 is 1.77 bits per heavy atom. The summed E-state index contributed by atoms with van der Waals surface area (Å²) in [5.74, 6) is -1.31. The van der Waals surface area contributed by atoms with Gasteiger partial charge in [0, 0.05) is 19.7 Å². The number of halogens is 1. The van der Waals surface area contributed by atoms with Gasteiger partial charge in [0.1, 0.15) is 17.1 Å². The molecular weight excluding hydrogens is 424 g/mol. The minimum absolute atomic E-state index is 0.193. The van der Waals surface area contributed by atoms with Crippen LogP contribution in [0.5, 0.6) is 0 Å². The molecule has 8 nitrogen and oxygen atoms in total. The Labute approximate surface area is 184 Å². The van der Waals surface area contributed by atoms with Crippen molar-refractivity contribution in [2.24, 2.45) is 0 Å². The minimum atomic E-state index is -0.713. The van der Waals surface area contributed by atoms with Gasteiger partial charge in [0.05, 0.1) is 17.2 Å². The maximum absolute atomic E-state index is 12.3. The average Bonchev–Trinajstić information content (AvgIpc) is 3.23. The zero-order valence-electron chi connectivity index (χ0n) is 17.3. The van der Waals surface area contributed by atoms with Gasteiger partial charge < -0.3 is 9.15 Å². The summed E-state index contributed by atoms with van der Waals surface area (Å²) in [5.41, 5.74) is 0.593. The molecule has 0 N–H and O–H groups in total. The van der Waals surface area contributed by atoms with Gasteiger partial charge in [-0.3, -0.25) is 19.4 Å². The molecule has 3 rings (SSSR count). The van der Waals surface area contributed by atoms with Gasteiger partial charge in [0.25, 0.3) is 11.8 Å². The number of urea groups is 1. The summed E-state index contributed by atoms with van der Waals surface area (Å²) in [7, 11) is 2.59. The number of imide groups is 2. The van der Waals surface area contributed by atoms with Crippen molar-refractivity contribution in [3.8, 4) is 11.3 Å². The van der Waals surface area contributed by atoms with Crippen molar-refractivity contribution in [1.29, 1.82) is 0 Å². The van der Waals surface area contributed by atoms with Crippen LogP contribution in [0.25, 0.3) is 17.4 Å². The van der Waals surface area contributed by atoms with E-state index in [0.29, 0.717) is 17.9 Å². The van der Waals surface area contributed by atoms with Crippen LogP contribution in [0.3, 0.4) is 0 Å². The number of furan rings is 1. The van der Waals surface area contributed by atoms with Crippen molar-refractivity contribution in [2.75, 3.05) is 20.7 Å². The molecule has 31 heavy (non-hydrogen) atoms. The summed E-state index contributed by atoms with van der Waals surface area (Å²) in [4.78, 5) is 50.5. The quantitative estimate of drug-likeness (QED) is 0.289. The Morgan fingerprint density at radius 1 is 1.10 bits per heavy atom. The molecule has 1 aliphatic heterocycles. The standard InChI is InChI=1S/C22H21ClN2O6/c1-4-5-10-30-21(28)15-11-13(6-8-17(15)23)18-9-7-14(31-18)12-16-19(26)24(2)22(29)25(3)20(16)27/h6-9,11-12H,4-5,10H2,1-3H3. The molecule has 0 spiro atoms. The molecule has 0 unspecified atom stereocenters. The molecule has 9 heteroatoms. The van der Waals surface area contributed by atoms with E-state index in [9.17, 15) is 19.2 Å². The van der Waals surface area contributed by atoms with E-state index < -0.39 is 23.8 Å². The van der Waals surface area contributed by atoms with Gasteiger partial charge in [0.2, 0.25) is 0 Å². The van der Waals surface area contributed by atoms with Crippen LogP contribution in [-0.2, 0) is 14.3 Å². The van der Waals surface area contributed by atoms with Gasteiger partial charge in [-0.2, -0.15) is 0 Å². The van der Waals surface area contributed by atoms with Crippen LogP contribution in [-0.4, -0.2) is 54.3 Å². The van der Waals surface area contributed by atoms with Gasteiger partial charge in [-0.1, -0.05) is 24.9 Å². The molecule has 0 radical (unpaired) electrons. The second kappa shape index (κ2) is 9.18. The molecule has 0 atom stereocenters. The van der Waals surface area contributed by atoms with E-state index in [2.05, 4.69) is 0 Å². The van der Waals surface area contributed by atoms with Crippen LogP contribution in [0.4, 0.5) is 4.79 Å². The third-order valence-electron chi connectivity index (χ3n) is 4.76. The van der Waals surface area contributed by atoms with E-state index >= 15 is 0 Å². The fourth-order valence-electron chi connectivity index (χ4n) is 2.92. The van der Waals surface area contributed by atoms with E-state index in [1.807, 2.05) is 6.92 Å². The number of nitrogens with zero attached hydrogens (tertiary/aromatic N) is 2. The zero-order valence-corrected chi connectivity index (χ0v) is 18.1. The largest absolute Gasteiger partial charge is 0.462 e. The first-order chi connectivity index (χ1) is 14.7. The summed E-state index contributed by atoms with van der Waals surface area (Å²) in [6, 6.07) is 7.32. The predicted octanol–water partition coefficient (Wildman–Crippen LogP) is 3.99. The lowest BCUT2D eigenvalue weighted by molar-refractivity contribution is -0.134. The van der Waals surface area contributed by atoms with Gasteiger partial charge in [-0.05, 0) is 42.8 Å². The van der Waals surface area contributed by atoms with E-state index in [0.717, 1.165) is 22.6 Å². The zero-order chi connectivity index (χ0) is 22.7. The molecule has 0 saturated carbocycles. The molecule has 1 fully saturated rings. The van der Waals surface area contributed by atoms with Crippen LogP contribution >= 0.6 is 11.6 Å². The molecule has 1 aromatic heterocycles. The third kappa shape index (κ3) is 4.54. The number of unbranched alkanes of at least 4 members (excludes halogenated alkanes) is 1. The van der Waals surface area contributed by atoms with Gasteiger partial charge in [0.15, 0.2) is 0 Å². The fourth-order valence-corrected chi connectivity index (χ4v) is 3.12. The van der Waals surface area contributed by atoms with Crippen molar-refractivity contribution in [2.45, 2.75) is 19.8 Å². The van der Waals surface area contributed by atoms with Crippen molar-refractivity contribution in [3.63, 3.8) is 0 Å². The Morgan fingerprint density at radius 3 is 2.42 bits per heavy atom. The van der Waals surface area contributed by atoms with Crippen LogP contribution in [0, 0.1) is 0 Å². The fraction of sp³-hybridized carbons (Fsp3) is 0.273. The first-order valence-corrected chi connectivity index (χ1v) is 10.0. The normalized spacial score (nSPS) is 14.3. The number of carbonyl (C=O) groups excluding carboxylic acids is 4. The van der Waals surface area contributed by atoms with Crippen LogP contribution in [0.15, 0.2) is 40.3 Å². The average molecular weight is 445 g/mol. The minimum Gasteiger partial charge on any atom is -0.462 e. The third-order valence-corrected chi connectivity index (χ3v) is 5.09. The Balaban J connectivity index is 1.87. The first-order valence-electron chi connectivity index (χ1n) is 9.63. The second-order valence-corrected chi connectivity index (χ2v) is 7.36. The lowest BCUT2D eigenvalue weighted by Gasteiger charge is -2.28. The molecule has 2 aromatic rings. The summed E-state index contributed by atoms with van der Waals surface area (Å²) >= 11 is 6.14. The lowest BCUT2D eigenvalue weighted by atomic mass is 10.1. The highest BCUT2D eigenvalue weighted by atomic mass is 35.5. The summed E-state index contributed by atoms with van der Waals surface area (Å²) in [6.45, 7) is 2.30. The van der Waals surface area contributed by atoms with Crippen molar-refractivity contribution in [1.82, 2.24) is 9.80 Å². The molecule has 0 aliphatic carbocycles. The number of rotatable bonds is 6. The van der Waals surface area contributed by atoms with Gasteiger partial charge in [-0.25, -0.2) is 9.59 Å². The summed E-state index contributed by atoms with van der Waals surface area (Å²) in [6.07, 6.45) is 2.94. The monoisotopic (exact) mass is 444 g/mol. The summed E-state index contributed by atoms with van der Waals surface area (Å²) < 4.78 is 11.0. The lowest BCUT2D eigenvalue weighted by Crippen LogP contribution is -2.52. The highest BCUT2D eigenvalue weighted by Gasteiger charge is 2.38. The Kier molecular flexibility index (Phi) is 6.60. The maximum atomic E-state index is 12.3. The number of hydrogen-bond acceptors (Lipinski definition) is 6. The van der Waals surface area contributed by atoms with Crippen LogP contribution in [0.2, 0.25) is 5.02 Å². The number of likely N-dealkylation sites (N-methyl/N-ethyl adjacent to an activating group) is 2. The predicted molar refractivity (Wildman–Crippen MR) is 113 cm³/mol. The van der Waals surface area contributed by atoms with Gasteiger partial charge in [-0.15, -0.1) is 0 Å². The highest BCUT2D eigenvalue weighted by Crippen LogP contribution is 2.29. The molecule has 1 saturated heterocycles. The van der Waals surface area contributed by atoms with E-state index in [1.54, 1.807) is 30.3 Å². The second-order valence-electron chi connectivity index (χ2n) is 6.96. The van der Waals surface area contributed by atoms with Crippen LogP contribution in [0.1, 0.15) is 35.9 Å². The Hall–Kier alpha value is -3.39. The molecule has 2 heterocycles.